The topological polar surface area (TPSA) is 119 Å². The predicted molar refractivity (Wildman–Crippen MR) is 105 cm³/mol. The van der Waals surface area contributed by atoms with Crippen molar-refractivity contribution < 1.29 is 26.9 Å². The van der Waals surface area contributed by atoms with Gasteiger partial charge >= 0.3 is 0 Å². The average Bonchev–Trinajstić information content (AvgIpc) is 2.61. The Morgan fingerprint density at radius 1 is 1.14 bits per heavy atom. The molecule has 0 aliphatic rings. The van der Waals surface area contributed by atoms with Crippen LogP contribution in [-0.4, -0.2) is 37.7 Å². The van der Waals surface area contributed by atoms with Gasteiger partial charge in [-0.3, -0.25) is 9.35 Å². The predicted octanol–water partition coefficient (Wildman–Crippen LogP) is 1.91. The van der Waals surface area contributed by atoms with E-state index in [1.807, 2.05) is 24.3 Å². The Hall–Kier alpha value is -2.49. The van der Waals surface area contributed by atoms with Crippen LogP contribution in [0.2, 0.25) is 0 Å². The highest BCUT2D eigenvalue weighted by atomic mass is 32.2. The second-order valence-corrected chi connectivity index (χ2v) is 7.59. The minimum atomic E-state index is -3.67. The van der Waals surface area contributed by atoms with Gasteiger partial charge in [-0.25, -0.2) is 4.39 Å². The average molecular weight is 412 g/mol. The van der Waals surface area contributed by atoms with E-state index in [1.165, 1.54) is 12.1 Å². The normalized spacial score (nSPS) is 11.9. The third-order valence-corrected chi connectivity index (χ3v) is 3.53. The standard InChI is InChI=1S/C18H21FN2O2.CH4O3S/c1-13(18(20)22)21-11-10-14-4-8-17(9-5-14)23-12-15-2-6-16(19)7-3-15;1-5(2,3)4/h2-9,13,21H,10-12H2,1H3,(H2,20,22);1H3,(H,2,3,4). The summed E-state index contributed by atoms with van der Waals surface area (Å²) >= 11 is 0. The molecule has 2 aromatic carbocycles. The summed E-state index contributed by atoms with van der Waals surface area (Å²) in [7, 11) is -3.67. The summed E-state index contributed by atoms with van der Waals surface area (Å²) in [5, 5.41) is 3.06. The van der Waals surface area contributed by atoms with Crippen molar-refractivity contribution in [3.8, 4) is 5.75 Å². The van der Waals surface area contributed by atoms with Crippen LogP contribution in [0.25, 0.3) is 0 Å². The summed E-state index contributed by atoms with van der Waals surface area (Å²) < 4.78 is 44.3. The first-order valence-electron chi connectivity index (χ1n) is 8.46. The van der Waals surface area contributed by atoms with Crippen molar-refractivity contribution >= 4 is 16.0 Å². The van der Waals surface area contributed by atoms with Gasteiger partial charge < -0.3 is 15.8 Å². The summed E-state index contributed by atoms with van der Waals surface area (Å²) in [6.07, 6.45) is 1.52. The molecule has 0 radical (unpaired) electrons. The highest BCUT2D eigenvalue weighted by Gasteiger charge is 2.06. The van der Waals surface area contributed by atoms with Crippen LogP contribution in [0.15, 0.2) is 48.5 Å². The summed E-state index contributed by atoms with van der Waals surface area (Å²) in [6, 6.07) is 13.7. The van der Waals surface area contributed by atoms with Gasteiger partial charge in [0.15, 0.2) is 0 Å². The van der Waals surface area contributed by atoms with Gasteiger partial charge in [-0.05, 0) is 55.3 Å². The Labute approximate surface area is 164 Å². The number of hydrogen-bond donors (Lipinski definition) is 3. The number of hydrogen-bond acceptors (Lipinski definition) is 5. The van der Waals surface area contributed by atoms with Crippen molar-refractivity contribution in [2.75, 3.05) is 12.8 Å². The molecule has 2 rings (SSSR count). The number of ether oxygens (including phenoxy) is 1. The monoisotopic (exact) mass is 412 g/mol. The molecule has 154 valence electrons. The molecule has 0 spiro atoms. The minimum Gasteiger partial charge on any atom is -0.489 e. The molecule has 9 heteroatoms. The van der Waals surface area contributed by atoms with E-state index in [-0.39, 0.29) is 17.8 Å². The van der Waals surface area contributed by atoms with E-state index in [4.69, 9.17) is 15.0 Å². The number of nitrogens with two attached hydrogens (primary N) is 1. The smallest absolute Gasteiger partial charge is 0.261 e. The maximum atomic E-state index is 12.8. The Morgan fingerprint density at radius 2 is 1.64 bits per heavy atom. The third-order valence-electron chi connectivity index (χ3n) is 3.53. The fourth-order valence-electron chi connectivity index (χ4n) is 2.03. The Kier molecular flexibility index (Phi) is 9.57. The van der Waals surface area contributed by atoms with Gasteiger partial charge in [0.25, 0.3) is 10.1 Å². The lowest BCUT2D eigenvalue weighted by atomic mass is 10.1. The lowest BCUT2D eigenvalue weighted by Crippen LogP contribution is -2.39. The Bertz CT molecular complexity index is 832. The SMILES string of the molecule is CC(NCCc1ccc(OCc2ccc(F)cc2)cc1)C(N)=O.CS(=O)(=O)O. The summed E-state index contributed by atoms with van der Waals surface area (Å²) in [5.41, 5.74) is 7.24. The lowest BCUT2D eigenvalue weighted by molar-refractivity contribution is -0.119. The fourth-order valence-corrected chi connectivity index (χ4v) is 2.03. The number of primary amides is 1. The number of benzene rings is 2. The first kappa shape index (κ1) is 23.5. The van der Waals surface area contributed by atoms with Crippen LogP contribution >= 0.6 is 0 Å². The molecule has 4 N–H and O–H groups in total. The van der Waals surface area contributed by atoms with Crippen molar-refractivity contribution in [1.29, 1.82) is 0 Å². The lowest BCUT2D eigenvalue weighted by Gasteiger charge is -2.10. The number of rotatable bonds is 8. The maximum Gasteiger partial charge on any atom is 0.261 e. The molecule has 0 fully saturated rings. The second-order valence-electron chi connectivity index (χ2n) is 6.12. The van der Waals surface area contributed by atoms with Crippen molar-refractivity contribution in [3.63, 3.8) is 0 Å². The van der Waals surface area contributed by atoms with Crippen LogP contribution in [0.4, 0.5) is 4.39 Å². The number of carbonyl (C=O) groups excluding carboxylic acids is 1. The first-order valence-corrected chi connectivity index (χ1v) is 10.3. The van der Waals surface area contributed by atoms with E-state index in [2.05, 4.69) is 5.32 Å². The highest BCUT2D eigenvalue weighted by molar-refractivity contribution is 7.85. The molecule has 1 atom stereocenters. The molecular weight excluding hydrogens is 387 g/mol. The molecule has 2 aromatic rings. The van der Waals surface area contributed by atoms with Gasteiger partial charge in [0.1, 0.15) is 18.2 Å². The van der Waals surface area contributed by atoms with E-state index in [1.54, 1.807) is 19.1 Å². The Morgan fingerprint density at radius 3 is 2.14 bits per heavy atom. The molecule has 1 unspecified atom stereocenters. The van der Waals surface area contributed by atoms with Crippen molar-refractivity contribution in [2.24, 2.45) is 5.73 Å². The van der Waals surface area contributed by atoms with Crippen LogP contribution in [0.1, 0.15) is 18.1 Å². The fraction of sp³-hybridized carbons (Fsp3) is 0.316. The molecule has 0 aromatic heterocycles. The number of halogens is 1. The van der Waals surface area contributed by atoms with E-state index in [0.29, 0.717) is 19.4 Å². The zero-order valence-electron chi connectivity index (χ0n) is 15.8. The molecule has 7 nitrogen and oxygen atoms in total. The summed E-state index contributed by atoms with van der Waals surface area (Å²) in [4.78, 5) is 10.9. The van der Waals surface area contributed by atoms with Gasteiger partial charge in [-0.15, -0.1) is 0 Å². The van der Waals surface area contributed by atoms with Gasteiger partial charge in [0, 0.05) is 0 Å². The summed E-state index contributed by atoms with van der Waals surface area (Å²) in [5.74, 6) is 0.156. The molecule has 1 amide bonds. The largest absolute Gasteiger partial charge is 0.489 e. The van der Waals surface area contributed by atoms with Crippen molar-refractivity contribution in [2.45, 2.75) is 26.0 Å². The van der Waals surface area contributed by atoms with Crippen LogP contribution < -0.4 is 15.8 Å². The van der Waals surface area contributed by atoms with Crippen LogP contribution in [-0.2, 0) is 27.9 Å². The van der Waals surface area contributed by atoms with E-state index in [9.17, 15) is 17.6 Å². The van der Waals surface area contributed by atoms with E-state index in [0.717, 1.165) is 23.3 Å². The van der Waals surface area contributed by atoms with Gasteiger partial charge in [-0.1, -0.05) is 24.3 Å². The molecule has 0 aliphatic heterocycles. The quantitative estimate of drug-likeness (QED) is 0.570. The van der Waals surface area contributed by atoms with E-state index < -0.39 is 10.1 Å². The van der Waals surface area contributed by atoms with Crippen LogP contribution in [0, 0.1) is 5.82 Å². The van der Waals surface area contributed by atoms with Crippen molar-refractivity contribution in [1.82, 2.24) is 5.32 Å². The summed E-state index contributed by atoms with van der Waals surface area (Å²) in [6.45, 7) is 2.83. The molecular formula is C19H25FN2O5S. The maximum absolute atomic E-state index is 12.8. The minimum absolute atomic E-state index is 0.252. The molecule has 0 saturated heterocycles. The van der Waals surface area contributed by atoms with Gasteiger partial charge in [0.05, 0.1) is 12.3 Å². The van der Waals surface area contributed by atoms with Gasteiger partial charge in [0.2, 0.25) is 5.91 Å². The molecule has 0 bridgehead atoms. The molecule has 0 heterocycles. The second kappa shape index (κ2) is 11.4. The number of amides is 1. The number of carbonyl (C=O) groups is 1. The van der Waals surface area contributed by atoms with E-state index >= 15 is 0 Å². The Balaban J connectivity index is 0.000000696. The first-order chi connectivity index (χ1) is 13.0. The highest BCUT2D eigenvalue weighted by Crippen LogP contribution is 2.14. The number of nitrogens with one attached hydrogen (secondary N) is 1. The molecule has 0 aliphatic carbocycles. The zero-order chi connectivity index (χ0) is 21.2. The zero-order valence-corrected chi connectivity index (χ0v) is 16.6. The van der Waals surface area contributed by atoms with Crippen LogP contribution in [0.3, 0.4) is 0 Å². The van der Waals surface area contributed by atoms with Crippen molar-refractivity contribution in [3.05, 3.63) is 65.5 Å². The molecule has 0 saturated carbocycles. The molecule has 28 heavy (non-hydrogen) atoms. The van der Waals surface area contributed by atoms with Crippen LogP contribution in [0.5, 0.6) is 5.75 Å². The third kappa shape index (κ3) is 11.3. The van der Waals surface area contributed by atoms with Gasteiger partial charge in [-0.2, -0.15) is 8.42 Å².